The molecule has 1 aromatic rings. The molecule has 1 heterocycles. The summed E-state index contributed by atoms with van der Waals surface area (Å²) in [5.41, 5.74) is 3.18. The lowest BCUT2D eigenvalue weighted by atomic mass is 9.77. The molecule has 1 heteroatoms. The van der Waals surface area contributed by atoms with Crippen molar-refractivity contribution in [3.8, 4) is 0 Å². The van der Waals surface area contributed by atoms with Crippen molar-refractivity contribution in [2.45, 2.75) is 51.5 Å². The van der Waals surface area contributed by atoms with Crippen LogP contribution in [0.2, 0.25) is 0 Å². The summed E-state index contributed by atoms with van der Waals surface area (Å²) in [5.74, 6) is 0.853. The SMILES string of the molecule is CC=CN1CCc2ccccc2C1C1CCCCC1. The van der Waals surface area contributed by atoms with Gasteiger partial charge in [0.2, 0.25) is 0 Å². The summed E-state index contributed by atoms with van der Waals surface area (Å²) in [6.45, 7) is 3.32. The molecule has 3 rings (SSSR count). The first kappa shape index (κ1) is 12.8. The molecule has 0 amide bonds. The summed E-state index contributed by atoms with van der Waals surface area (Å²) in [5, 5.41) is 0. The van der Waals surface area contributed by atoms with E-state index in [4.69, 9.17) is 0 Å². The van der Waals surface area contributed by atoms with Crippen molar-refractivity contribution in [2.24, 2.45) is 5.92 Å². The molecule has 0 saturated heterocycles. The van der Waals surface area contributed by atoms with Crippen molar-refractivity contribution in [2.75, 3.05) is 6.54 Å². The van der Waals surface area contributed by atoms with Gasteiger partial charge in [0.15, 0.2) is 0 Å². The summed E-state index contributed by atoms with van der Waals surface area (Å²) in [6, 6.07) is 9.74. The first-order chi connectivity index (χ1) is 9.40. The fourth-order valence-electron chi connectivity index (χ4n) is 3.95. The summed E-state index contributed by atoms with van der Waals surface area (Å²) >= 11 is 0. The predicted octanol–water partition coefficient (Wildman–Crippen LogP) is 4.70. The van der Waals surface area contributed by atoms with Gasteiger partial charge in [-0.05, 0) is 49.4 Å². The lowest BCUT2D eigenvalue weighted by Crippen LogP contribution is -2.36. The van der Waals surface area contributed by atoms with Gasteiger partial charge in [-0.3, -0.25) is 0 Å². The largest absolute Gasteiger partial charge is 0.370 e. The van der Waals surface area contributed by atoms with Crippen LogP contribution in [0.3, 0.4) is 0 Å². The molecular weight excluding hydrogens is 230 g/mol. The Hall–Kier alpha value is -1.24. The molecule has 1 aromatic carbocycles. The fourth-order valence-corrected chi connectivity index (χ4v) is 3.95. The Labute approximate surface area is 117 Å². The van der Waals surface area contributed by atoms with Crippen molar-refractivity contribution in [1.82, 2.24) is 4.90 Å². The van der Waals surface area contributed by atoms with Gasteiger partial charge >= 0.3 is 0 Å². The number of hydrogen-bond acceptors (Lipinski definition) is 1. The van der Waals surface area contributed by atoms with Gasteiger partial charge in [-0.1, -0.05) is 49.6 Å². The molecule has 0 spiro atoms. The molecule has 1 fully saturated rings. The van der Waals surface area contributed by atoms with Crippen LogP contribution in [-0.4, -0.2) is 11.4 Å². The van der Waals surface area contributed by atoms with Gasteiger partial charge in [0.05, 0.1) is 6.04 Å². The van der Waals surface area contributed by atoms with Crippen LogP contribution in [0, 0.1) is 5.92 Å². The minimum atomic E-state index is 0.626. The predicted molar refractivity (Wildman–Crippen MR) is 81.0 cm³/mol. The Morgan fingerprint density at radius 1 is 1.11 bits per heavy atom. The highest BCUT2D eigenvalue weighted by Crippen LogP contribution is 2.41. The molecule has 0 bridgehead atoms. The molecule has 0 N–H and O–H groups in total. The first-order valence-corrected chi connectivity index (χ1v) is 7.86. The maximum atomic E-state index is 2.60. The zero-order chi connectivity index (χ0) is 13.1. The third-order valence-corrected chi connectivity index (χ3v) is 4.81. The van der Waals surface area contributed by atoms with E-state index < -0.39 is 0 Å². The highest BCUT2D eigenvalue weighted by Gasteiger charge is 2.32. The van der Waals surface area contributed by atoms with E-state index in [0.717, 1.165) is 5.92 Å². The maximum Gasteiger partial charge on any atom is 0.0567 e. The van der Waals surface area contributed by atoms with Crippen LogP contribution in [0.4, 0.5) is 0 Å². The van der Waals surface area contributed by atoms with Gasteiger partial charge < -0.3 is 4.90 Å². The third-order valence-electron chi connectivity index (χ3n) is 4.81. The number of fused-ring (bicyclic) bond motifs is 1. The standard InChI is InChI=1S/C18H25N/c1-2-13-19-14-12-15-8-6-7-11-17(15)18(19)16-9-4-3-5-10-16/h2,6-8,11,13,16,18H,3-5,9-10,12,14H2,1H3. The van der Waals surface area contributed by atoms with Crippen molar-refractivity contribution in [1.29, 1.82) is 0 Å². The normalized spacial score (nSPS) is 24.7. The lowest BCUT2D eigenvalue weighted by Gasteiger charge is -2.42. The van der Waals surface area contributed by atoms with Crippen molar-refractivity contribution in [3.63, 3.8) is 0 Å². The van der Waals surface area contributed by atoms with Crippen LogP contribution in [0.1, 0.15) is 56.2 Å². The van der Waals surface area contributed by atoms with Crippen molar-refractivity contribution < 1.29 is 0 Å². The molecule has 1 saturated carbocycles. The number of allylic oxidation sites excluding steroid dienone is 1. The topological polar surface area (TPSA) is 3.24 Å². The molecular formula is C18H25N. The summed E-state index contributed by atoms with van der Waals surface area (Å²) in [7, 11) is 0. The lowest BCUT2D eigenvalue weighted by molar-refractivity contribution is 0.154. The average molecular weight is 255 g/mol. The van der Waals surface area contributed by atoms with Gasteiger partial charge in [0, 0.05) is 6.54 Å². The number of rotatable bonds is 2. The number of nitrogens with zero attached hydrogens (tertiary/aromatic N) is 1. The number of hydrogen-bond donors (Lipinski definition) is 0. The Kier molecular flexibility index (Phi) is 3.91. The van der Waals surface area contributed by atoms with Crippen LogP contribution >= 0.6 is 0 Å². The van der Waals surface area contributed by atoms with E-state index >= 15 is 0 Å². The van der Waals surface area contributed by atoms with E-state index in [0.29, 0.717) is 6.04 Å². The summed E-state index contributed by atoms with van der Waals surface area (Å²) in [6.07, 6.45) is 12.8. The second kappa shape index (κ2) is 5.81. The van der Waals surface area contributed by atoms with Crippen LogP contribution in [-0.2, 0) is 6.42 Å². The van der Waals surface area contributed by atoms with E-state index in [1.165, 1.54) is 45.1 Å². The Bertz CT molecular complexity index is 443. The second-order valence-corrected chi connectivity index (χ2v) is 6.01. The van der Waals surface area contributed by atoms with Crippen LogP contribution < -0.4 is 0 Å². The molecule has 1 atom stereocenters. The first-order valence-electron chi connectivity index (χ1n) is 7.86. The minimum absolute atomic E-state index is 0.626. The highest BCUT2D eigenvalue weighted by molar-refractivity contribution is 5.33. The van der Waals surface area contributed by atoms with E-state index in [1.807, 2.05) is 0 Å². The minimum Gasteiger partial charge on any atom is -0.370 e. The molecule has 1 unspecified atom stereocenters. The van der Waals surface area contributed by atoms with Crippen LogP contribution in [0.15, 0.2) is 36.5 Å². The van der Waals surface area contributed by atoms with Crippen LogP contribution in [0.25, 0.3) is 0 Å². The molecule has 1 nitrogen and oxygen atoms in total. The van der Waals surface area contributed by atoms with Gasteiger partial charge in [-0.25, -0.2) is 0 Å². The zero-order valence-electron chi connectivity index (χ0n) is 12.0. The van der Waals surface area contributed by atoms with Crippen LogP contribution in [0.5, 0.6) is 0 Å². The molecule has 2 aliphatic rings. The van der Waals surface area contributed by atoms with Gasteiger partial charge in [-0.15, -0.1) is 0 Å². The summed E-state index contributed by atoms with van der Waals surface area (Å²) in [4.78, 5) is 2.60. The number of benzene rings is 1. The monoisotopic (exact) mass is 255 g/mol. The zero-order valence-corrected chi connectivity index (χ0v) is 12.0. The van der Waals surface area contributed by atoms with Gasteiger partial charge in [0.1, 0.15) is 0 Å². The highest BCUT2D eigenvalue weighted by atomic mass is 15.1. The van der Waals surface area contributed by atoms with E-state index in [-0.39, 0.29) is 0 Å². The molecule has 0 radical (unpaired) electrons. The van der Waals surface area contributed by atoms with Gasteiger partial charge in [0.25, 0.3) is 0 Å². The van der Waals surface area contributed by atoms with E-state index in [9.17, 15) is 0 Å². The fraction of sp³-hybridized carbons (Fsp3) is 0.556. The molecule has 102 valence electrons. The quantitative estimate of drug-likeness (QED) is 0.740. The third kappa shape index (κ3) is 2.56. The second-order valence-electron chi connectivity index (χ2n) is 6.01. The molecule has 0 aromatic heterocycles. The smallest absolute Gasteiger partial charge is 0.0567 e. The summed E-state index contributed by atoms with van der Waals surface area (Å²) < 4.78 is 0. The Morgan fingerprint density at radius 2 is 1.89 bits per heavy atom. The molecule has 1 aliphatic carbocycles. The van der Waals surface area contributed by atoms with E-state index in [1.54, 1.807) is 11.1 Å². The van der Waals surface area contributed by atoms with E-state index in [2.05, 4.69) is 48.4 Å². The van der Waals surface area contributed by atoms with Crippen molar-refractivity contribution >= 4 is 0 Å². The van der Waals surface area contributed by atoms with Gasteiger partial charge in [-0.2, -0.15) is 0 Å². The molecule has 19 heavy (non-hydrogen) atoms. The Morgan fingerprint density at radius 3 is 2.68 bits per heavy atom. The maximum absolute atomic E-state index is 2.60. The van der Waals surface area contributed by atoms with Crippen molar-refractivity contribution in [3.05, 3.63) is 47.7 Å². The average Bonchev–Trinajstić information content (AvgIpc) is 2.48. The Balaban J connectivity index is 1.94. The molecule has 1 aliphatic heterocycles.